The maximum Gasteiger partial charge on any atom is 0.411 e. The van der Waals surface area contributed by atoms with Crippen LogP contribution in [0, 0.1) is 0 Å². The number of nitrogens with two attached hydrogens (primary N) is 1. The molecular weight excluding hydrogens is 492 g/mol. The number of likely N-dealkylation sites (tertiary alicyclic amines) is 1. The summed E-state index contributed by atoms with van der Waals surface area (Å²) in [5.74, 6) is -0.494. The highest BCUT2D eigenvalue weighted by Crippen LogP contribution is 2.43. The van der Waals surface area contributed by atoms with Crippen molar-refractivity contribution < 1.29 is 23.4 Å². The first kappa shape index (κ1) is 27.7. The van der Waals surface area contributed by atoms with Crippen molar-refractivity contribution in [2.24, 2.45) is 0 Å². The molecule has 206 valence electrons. The molecule has 37 heavy (non-hydrogen) atoms. The highest BCUT2D eigenvalue weighted by atomic mass is 28.4. The summed E-state index contributed by atoms with van der Waals surface area (Å²) in [4.78, 5) is 28.3. The van der Waals surface area contributed by atoms with Gasteiger partial charge in [0.2, 0.25) is 0 Å². The topological polar surface area (TPSA) is 127 Å². The summed E-state index contributed by atoms with van der Waals surface area (Å²) in [5, 5.41) is 0.0167. The molecule has 0 radical (unpaired) electrons. The van der Waals surface area contributed by atoms with Crippen LogP contribution in [0.15, 0.2) is 12.7 Å². The molecule has 0 bridgehead atoms. The molecule has 2 aliphatic rings. The van der Waals surface area contributed by atoms with Crippen LogP contribution in [0.2, 0.25) is 18.1 Å². The SMILES string of the molecule is CC(C)(C)OC(=O)N1[C@H](CO[Si](C)(C)C(C)(C)C)[C@H]2OC(C)(C)O[C@H]2[C@@H]1Cn1cnc2c(N)ncnc21. The molecule has 0 unspecified atom stereocenters. The predicted molar refractivity (Wildman–Crippen MR) is 142 cm³/mol. The lowest BCUT2D eigenvalue weighted by Gasteiger charge is -2.40. The second-order valence-corrected chi connectivity index (χ2v) is 17.8. The summed E-state index contributed by atoms with van der Waals surface area (Å²) in [5.41, 5.74) is 6.45. The van der Waals surface area contributed by atoms with Crippen molar-refractivity contribution in [3.63, 3.8) is 0 Å². The Balaban J connectivity index is 1.73. The number of carbonyl (C=O) groups excluding carboxylic acids is 1. The lowest BCUT2D eigenvalue weighted by atomic mass is 10.1. The standard InChI is InChI=1S/C25H42N6O5Si/c1-23(2,3)36-22(32)31-15(11-30-14-29-17-20(26)27-13-28-21(17)30)18-19(35-25(7,8)34-18)16(31)12-33-37(9,10)24(4,5)6/h13-16,18-19H,11-12H2,1-10H3,(H2,26,27,28)/t15-,16+,18-,19+/m0/s1. The number of aromatic nitrogens is 4. The summed E-state index contributed by atoms with van der Waals surface area (Å²) < 4.78 is 27.2. The smallest absolute Gasteiger partial charge is 0.411 e. The van der Waals surface area contributed by atoms with Gasteiger partial charge in [0.25, 0.3) is 0 Å². The molecule has 2 saturated heterocycles. The minimum absolute atomic E-state index is 0.0167. The van der Waals surface area contributed by atoms with E-state index in [9.17, 15) is 4.79 Å². The fraction of sp³-hybridized carbons (Fsp3) is 0.760. The number of ether oxygens (including phenoxy) is 3. The molecule has 2 N–H and O–H groups in total. The molecule has 2 fully saturated rings. The summed E-state index contributed by atoms with van der Waals surface area (Å²) in [6.45, 7) is 21.0. The van der Waals surface area contributed by atoms with Crippen molar-refractivity contribution in [1.82, 2.24) is 24.4 Å². The summed E-state index contributed by atoms with van der Waals surface area (Å²) >= 11 is 0. The first-order chi connectivity index (χ1) is 16.9. The van der Waals surface area contributed by atoms with Gasteiger partial charge in [0, 0.05) is 6.54 Å². The van der Waals surface area contributed by atoms with Gasteiger partial charge >= 0.3 is 6.09 Å². The number of amides is 1. The van der Waals surface area contributed by atoms with Gasteiger partial charge in [-0.1, -0.05) is 20.8 Å². The molecule has 4 heterocycles. The van der Waals surface area contributed by atoms with Crippen LogP contribution in [0.4, 0.5) is 10.6 Å². The fourth-order valence-electron chi connectivity index (χ4n) is 4.67. The number of hydrogen-bond acceptors (Lipinski definition) is 9. The van der Waals surface area contributed by atoms with Crippen LogP contribution in [0.3, 0.4) is 0 Å². The van der Waals surface area contributed by atoms with E-state index in [-0.39, 0.29) is 11.1 Å². The van der Waals surface area contributed by atoms with Crippen molar-refractivity contribution in [1.29, 1.82) is 0 Å². The van der Waals surface area contributed by atoms with E-state index in [1.54, 1.807) is 11.2 Å². The molecule has 4 rings (SSSR count). The van der Waals surface area contributed by atoms with E-state index in [2.05, 4.69) is 48.8 Å². The number of carbonyl (C=O) groups is 1. The number of nitrogen functional groups attached to an aromatic ring is 1. The number of hydrogen-bond donors (Lipinski definition) is 1. The Kier molecular flexibility index (Phi) is 6.88. The van der Waals surface area contributed by atoms with Gasteiger partial charge in [-0.3, -0.25) is 4.90 Å². The van der Waals surface area contributed by atoms with Gasteiger partial charge in [0.15, 0.2) is 25.6 Å². The summed E-state index contributed by atoms with van der Waals surface area (Å²) in [7, 11) is -2.11. The highest BCUT2D eigenvalue weighted by molar-refractivity contribution is 6.74. The van der Waals surface area contributed by atoms with Gasteiger partial charge < -0.3 is 28.9 Å². The van der Waals surface area contributed by atoms with E-state index < -0.39 is 44.0 Å². The summed E-state index contributed by atoms with van der Waals surface area (Å²) in [6, 6.07) is -0.807. The van der Waals surface area contributed by atoms with Gasteiger partial charge in [-0.05, 0) is 52.8 Å². The molecule has 0 aliphatic carbocycles. The van der Waals surface area contributed by atoms with Gasteiger partial charge in [-0.25, -0.2) is 19.7 Å². The van der Waals surface area contributed by atoms with Gasteiger partial charge in [0.05, 0.1) is 25.0 Å². The van der Waals surface area contributed by atoms with Crippen LogP contribution in [0.25, 0.3) is 11.2 Å². The molecule has 0 saturated carbocycles. The Labute approximate surface area is 220 Å². The fourth-order valence-corrected chi connectivity index (χ4v) is 5.69. The third-order valence-corrected chi connectivity index (χ3v) is 12.0. The molecule has 11 nitrogen and oxygen atoms in total. The van der Waals surface area contributed by atoms with E-state index in [1.165, 1.54) is 6.33 Å². The maximum absolute atomic E-state index is 13.7. The van der Waals surface area contributed by atoms with Crippen LogP contribution in [-0.4, -0.2) is 81.1 Å². The monoisotopic (exact) mass is 534 g/mol. The van der Waals surface area contributed by atoms with Crippen LogP contribution >= 0.6 is 0 Å². The number of imidazole rings is 1. The number of nitrogens with zero attached hydrogens (tertiary/aromatic N) is 5. The average Bonchev–Trinajstić information content (AvgIpc) is 3.35. The summed E-state index contributed by atoms with van der Waals surface area (Å²) in [6.07, 6.45) is 1.86. The van der Waals surface area contributed by atoms with Crippen molar-refractivity contribution in [2.45, 2.75) is 116 Å². The number of fused-ring (bicyclic) bond motifs is 2. The molecule has 1 amide bonds. The Morgan fingerprint density at radius 2 is 1.70 bits per heavy atom. The molecule has 4 atom stereocenters. The second-order valence-electron chi connectivity index (χ2n) is 13.0. The van der Waals surface area contributed by atoms with Crippen LogP contribution in [0.1, 0.15) is 55.4 Å². The maximum atomic E-state index is 13.7. The minimum atomic E-state index is -2.11. The Morgan fingerprint density at radius 1 is 1.08 bits per heavy atom. The van der Waals surface area contributed by atoms with Crippen molar-refractivity contribution in [3.8, 4) is 0 Å². The normalized spacial score (nSPS) is 26.1. The zero-order chi connectivity index (χ0) is 27.6. The van der Waals surface area contributed by atoms with Gasteiger partial charge in [0.1, 0.15) is 29.7 Å². The Morgan fingerprint density at radius 3 is 2.30 bits per heavy atom. The minimum Gasteiger partial charge on any atom is -0.444 e. The zero-order valence-electron chi connectivity index (χ0n) is 23.7. The van der Waals surface area contributed by atoms with E-state index in [4.69, 9.17) is 24.4 Å². The van der Waals surface area contributed by atoms with Crippen molar-refractivity contribution >= 4 is 31.4 Å². The van der Waals surface area contributed by atoms with E-state index in [0.717, 1.165) is 0 Å². The second kappa shape index (κ2) is 9.18. The lowest BCUT2D eigenvalue weighted by Crippen LogP contribution is -2.53. The largest absolute Gasteiger partial charge is 0.444 e. The lowest BCUT2D eigenvalue weighted by molar-refractivity contribution is -0.169. The molecular formula is C25H42N6O5Si. The van der Waals surface area contributed by atoms with E-state index in [0.29, 0.717) is 30.1 Å². The van der Waals surface area contributed by atoms with Crippen LogP contribution < -0.4 is 5.73 Å². The zero-order valence-corrected chi connectivity index (χ0v) is 24.7. The van der Waals surface area contributed by atoms with Gasteiger partial charge in [-0.15, -0.1) is 0 Å². The first-order valence-electron chi connectivity index (χ1n) is 12.8. The van der Waals surface area contributed by atoms with E-state index in [1.807, 2.05) is 39.2 Å². The van der Waals surface area contributed by atoms with Crippen molar-refractivity contribution in [2.75, 3.05) is 12.3 Å². The third-order valence-electron chi connectivity index (χ3n) is 7.48. The molecule has 12 heteroatoms. The molecule has 2 aromatic heterocycles. The van der Waals surface area contributed by atoms with Crippen LogP contribution in [0.5, 0.6) is 0 Å². The van der Waals surface area contributed by atoms with Gasteiger partial charge in [-0.2, -0.15) is 0 Å². The van der Waals surface area contributed by atoms with E-state index >= 15 is 0 Å². The first-order valence-corrected chi connectivity index (χ1v) is 15.7. The Bertz CT molecular complexity index is 1150. The molecule has 0 spiro atoms. The molecule has 2 aromatic rings. The quantitative estimate of drug-likeness (QED) is 0.567. The molecule has 0 aromatic carbocycles. The predicted octanol–water partition coefficient (Wildman–Crippen LogP) is 3.94. The number of anilines is 1. The third kappa shape index (κ3) is 5.47. The average molecular weight is 535 g/mol. The van der Waals surface area contributed by atoms with Crippen LogP contribution in [-0.2, 0) is 25.2 Å². The van der Waals surface area contributed by atoms with Crippen molar-refractivity contribution in [3.05, 3.63) is 12.7 Å². The highest BCUT2D eigenvalue weighted by Gasteiger charge is 2.60. The number of rotatable bonds is 5. The molecule has 2 aliphatic heterocycles. The Hall–Kier alpha value is -2.28.